The third-order valence-corrected chi connectivity index (χ3v) is 5.24. The lowest BCUT2D eigenvalue weighted by Crippen LogP contribution is -2.22. The summed E-state index contributed by atoms with van der Waals surface area (Å²) in [6.45, 7) is 2.33. The van der Waals surface area contributed by atoms with Crippen LogP contribution >= 0.6 is 34.5 Å². The van der Waals surface area contributed by atoms with Gasteiger partial charge in [-0.3, -0.25) is 9.48 Å². The summed E-state index contributed by atoms with van der Waals surface area (Å²) in [5.41, 5.74) is 1.88. The lowest BCUT2D eigenvalue weighted by atomic mass is 10.2. The number of benzene rings is 1. The topological polar surface area (TPSA) is 46.9 Å². The highest BCUT2D eigenvalue weighted by molar-refractivity contribution is 7.21. The van der Waals surface area contributed by atoms with E-state index in [2.05, 4.69) is 10.4 Å². The van der Waals surface area contributed by atoms with Crippen LogP contribution in [-0.4, -0.2) is 15.7 Å². The molecule has 114 valence electrons. The minimum Gasteiger partial charge on any atom is -0.347 e. The van der Waals surface area contributed by atoms with Crippen LogP contribution in [0.2, 0.25) is 10.0 Å². The Morgan fingerprint density at radius 3 is 2.86 bits per heavy atom. The maximum atomic E-state index is 12.4. The van der Waals surface area contributed by atoms with Gasteiger partial charge in [-0.2, -0.15) is 5.10 Å². The first-order valence-corrected chi connectivity index (χ1v) is 8.18. The van der Waals surface area contributed by atoms with E-state index in [4.69, 9.17) is 23.2 Å². The Balaban J connectivity index is 1.83. The van der Waals surface area contributed by atoms with Crippen LogP contribution in [0.5, 0.6) is 0 Å². The van der Waals surface area contributed by atoms with Crippen molar-refractivity contribution in [2.24, 2.45) is 7.05 Å². The molecule has 2 heterocycles. The number of amides is 1. The molecule has 0 fully saturated rings. The van der Waals surface area contributed by atoms with E-state index in [1.165, 1.54) is 11.3 Å². The van der Waals surface area contributed by atoms with Crippen LogP contribution < -0.4 is 5.32 Å². The van der Waals surface area contributed by atoms with Crippen LogP contribution in [0.25, 0.3) is 10.1 Å². The molecule has 22 heavy (non-hydrogen) atoms. The molecule has 3 rings (SSSR count). The molecule has 0 spiro atoms. The van der Waals surface area contributed by atoms with Gasteiger partial charge in [0.2, 0.25) is 0 Å². The molecular formula is C15H13Cl2N3OS. The molecule has 0 saturated heterocycles. The third kappa shape index (κ3) is 2.84. The molecule has 0 saturated carbocycles. The Morgan fingerprint density at radius 1 is 1.41 bits per heavy atom. The number of hydrogen-bond acceptors (Lipinski definition) is 3. The second kappa shape index (κ2) is 5.91. The van der Waals surface area contributed by atoms with Crippen LogP contribution in [0, 0.1) is 6.92 Å². The molecule has 0 unspecified atom stereocenters. The standard InChI is InChI=1S/C15H13Cl2N3OS/c1-8-9(7-20(2)19-8)6-18-15(21)14-13(17)11-4-3-10(16)5-12(11)22-14/h3-5,7H,6H2,1-2H3,(H,18,21). The van der Waals surface area contributed by atoms with Crippen LogP contribution in [0.4, 0.5) is 0 Å². The number of hydrogen-bond donors (Lipinski definition) is 1. The molecule has 0 radical (unpaired) electrons. The summed E-state index contributed by atoms with van der Waals surface area (Å²) in [5.74, 6) is -0.189. The van der Waals surface area contributed by atoms with E-state index in [0.717, 1.165) is 21.3 Å². The van der Waals surface area contributed by atoms with Crippen molar-refractivity contribution in [3.8, 4) is 0 Å². The summed E-state index contributed by atoms with van der Waals surface area (Å²) in [6, 6.07) is 5.41. The molecule has 3 aromatic rings. The van der Waals surface area contributed by atoms with Crippen LogP contribution in [-0.2, 0) is 13.6 Å². The zero-order valence-corrected chi connectivity index (χ0v) is 14.3. The number of fused-ring (bicyclic) bond motifs is 1. The van der Waals surface area contributed by atoms with Crippen LogP contribution in [0.1, 0.15) is 20.9 Å². The Kier molecular flexibility index (Phi) is 4.12. The normalized spacial score (nSPS) is 11.1. The van der Waals surface area contributed by atoms with E-state index < -0.39 is 0 Å². The van der Waals surface area contributed by atoms with Gasteiger partial charge in [0.15, 0.2) is 0 Å². The van der Waals surface area contributed by atoms with E-state index in [1.54, 1.807) is 10.7 Å². The fourth-order valence-electron chi connectivity index (χ4n) is 2.26. The highest BCUT2D eigenvalue weighted by Gasteiger charge is 2.17. The Hall–Kier alpha value is -1.56. The molecule has 0 aliphatic heterocycles. The first kappa shape index (κ1) is 15.3. The number of nitrogens with zero attached hydrogens (tertiary/aromatic N) is 2. The maximum absolute atomic E-state index is 12.4. The Morgan fingerprint density at radius 2 is 2.18 bits per heavy atom. The van der Waals surface area contributed by atoms with E-state index in [-0.39, 0.29) is 5.91 Å². The largest absolute Gasteiger partial charge is 0.347 e. The lowest BCUT2D eigenvalue weighted by molar-refractivity contribution is 0.0955. The summed E-state index contributed by atoms with van der Waals surface area (Å²) in [6.07, 6.45) is 1.89. The fourth-order valence-corrected chi connectivity index (χ4v) is 3.97. The van der Waals surface area contributed by atoms with Crippen LogP contribution in [0.15, 0.2) is 24.4 Å². The summed E-state index contributed by atoms with van der Waals surface area (Å²) in [4.78, 5) is 12.9. The van der Waals surface area contributed by atoms with Crippen LogP contribution in [0.3, 0.4) is 0 Å². The zero-order chi connectivity index (χ0) is 15.9. The van der Waals surface area contributed by atoms with Gasteiger partial charge in [0.05, 0.1) is 10.7 Å². The van der Waals surface area contributed by atoms with Crippen molar-refractivity contribution in [3.63, 3.8) is 0 Å². The number of halogens is 2. The van der Waals surface area contributed by atoms with Gasteiger partial charge in [0.1, 0.15) is 4.88 Å². The molecule has 0 aliphatic rings. The van der Waals surface area contributed by atoms with Gasteiger partial charge < -0.3 is 5.32 Å². The Bertz CT molecular complexity index is 869. The predicted octanol–water partition coefficient (Wildman–Crippen LogP) is 4.18. The monoisotopic (exact) mass is 353 g/mol. The van der Waals surface area contributed by atoms with Crippen molar-refractivity contribution in [1.29, 1.82) is 0 Å². The summed E-state index contributed by atoms with van der Waals surface area (Å²) < 4.78 is 2.63. The fraction of sp³-hybridized carbons (Fsp3) is 0.200. The van der Waals surface area contributed by atoms with Crippen molar-refractivity contribution in [2.45, 2.75) is 13.5 Å². The van der Waals surface area contributed by atoms with E-state index in [9.17, 15) is 4.79 Å². The minimum absolute atomic E-state index is 0.189. The zero-order valence-electron chi connectivity index (χ0n) is 12.0. The summed E-state index contributed by atoms with van der Waals surface area (Å²) in [5, 5.41) is 9.08. The lowest BCUT2D eigenvalue weighted by Gasteiger charge is -2.02. The second-order valence-electron chi connectivity index (χ2n) is 4.98. The number of nitrogens with one attached hydrogen (secondary N) is 1. The summed E-state index contributed by atoms with van der Waals surface area (Å²) >= 11 is 13.6. The van der Waals surface area contributed by atoms with Gasteiger partial charge in [-0.1, -0.05) is 29.3 Å². The highest BCUT2D eigenvalue weighted by Crippen LogP contribution is 2.36. The second-order valence-corrected chi connectivity index (χ2v) is 6.85. The van der Waals surface area contributed by atoms with Gasteiger partial charge in [-0.15, -0.1) is 11.3 Å². The molecule has 2 aromatic heterocycles. The number of thiophene rings is 1. The highest BCUT2D eigenvalue weighted by atomic mass is 35.5. The first-order valence-electron chi connectivity index (χ1n) is 6.60. The average molecular weight is 354 g/mol. The van der Waals surface area contributed by atoms with Gasteiger partial charge in [0, 0.05) is 40.5 Å². The maximum Gasteiger partial charge on any atom is 0.263 e. The first-order chi connectivity index (χ1) is 10.5. The Labute approximate surface area is 141 Å². The van der Waals surface area contributed by atoms with Crippen molar-refractivity contribution in [2.75, 3.05) is 0 Å². The molecule has 1 N–H and O–H groups in total. The smallest absolute Gasteiger partial charge is 0.263 e. The molecule has 1 amide bonds. The van der Waals surface area contributed by atoms with Crippen molar-refractivity contribution < 1.29 is 4.79 Å². The van der Waals surface area contributed by atoms with Gasteiger partial charge in [-0.25, -0.2) is 0 Å². The number of carbonyl (C=O) groups is 1. The quantitative estimate of drug-likeness (QED) is 0.767. The van der Waals surface area contributed by atoms with Crippen molar-refractivity contribution >= 4 is 50.5 Å². The molecule has 0 aliphatic carbocycles. The summed E-state index contributed by atoms with van der Waals surface area (Å²) in [7, 11) is 1.85. The third-order valence-electron chi connectivity index (χ3n) is 3.35. The van der Waals surface area contributed by atoms with E-state index >= 15 is 0 Å². The van der Waals surface area contributed by atoms with Gasteiger partial charge >= 0.3 is 0 Å². The molecule has 1 aromatic carbocycles. The SMILES string of the molecule is Cc1nn(C)cc1CNC(=O)c1sc2cc(Cl)ccc2c1Cl. The molecule has 7 heteroatoms. The van der Waals surface area contributed by atoms with Gasteiger partial charge in [0.25, 0.3) is 5.91 Å². The number of carbonyl (C=O) groups excluding carboxylic acids is 1. The number of aryl methyl sites for hydroxylation is 2. The van der Waals surface area contributed by atoms with E-state index in [0.29, 0.717) is 21.5 Å². The molecule has 0 atom stereocenters. The molecular weight excluding hydrogens is 341 g/mol. The molecule has 0 bridgehead atoms. The number of aromatic nitrogens is 2. The number of rotatable bonds is 3. The predicted molar refractivity (Wildman–Crippen MR) is 91.0 cm³/mol. The van der Waals surface area contributed by atoms with Gasteiger partial charge in [-0.05, 0) is 19.1 Å². The van der Waals surface area contributed by atoms with Crippen molar-refractivity contribution in [3.05, 3.63) is 50.6 Å². The van der Waals surface area contributed by atoms with Crippen molar-refractivity contribution in [1.82, 2.24) is 15.1 Å². The average Bonchev–Trinajstić information content (AvgIpc) is 2.96. The minimum atomic E-state index is -0.189. The van der Waals surface area contributed by atoms with E-state index in [1.807, 2.05) is 32.3 Å². The molecule has 4 nitrogen and oxygen atoms in total.